The number of aliphatic hydroxyl groups excluding tert-OH is 1. The Labute approximate surface area is 247 Å². The molecule has 1 spiro atoms. The Morgan fingerprint density at radius 3 is 2.52 bits per heavy atom. The number of hydrogen-bond acceptors (Lipinski definition) is 5. The van der Waals surface area contributed by atoms with Crippen LogP contribution in [0.5, 0.6) is 0 Å². The van der Waals surface area contributed by atoms with E-state index in [4.69, 9.17) is 4.74 Å². The smallest absolute Gasteiger partial charge is 0.268 e. The van der Waals surface area contributed by atoms with Crippen LogP contribution in [0, 0.1) is 5.92 Å². The fourth-order valence-electron chi connectivity index (χ4n) is 7.88. The second-order valence-electron chi connectivity index (χ2n) is 12.7. The van der Waals surface area contributed by atoms with Crippen LogP contribution in [0.2, 0.25) is 18.6 Å². The number of anilines is 3. The number of fused-ring (bicyclic) bond motifs is 2. The molecule has 0 aliphatic carbocycles. The Hall–Kier alpha value is -3.08. The zero-order chi connectivity index (χ0) is 29.8. The number of likely N-dealkylation sites (tertiary alicyclic amines) is 1. The zero-order valence-corrected chi connectivity index (χ0v) is 25.6. The minimum Gasteiger partial charge on any atom is -0.394 e. The predicted molar refractivity (Wildman–Crippen MR) is 161 cm³/mol. The summed E-state index contributed by atoms with van der Waals surface area (Å²) in [7, 11) is -3.46. The molecule has 0 unspecified atom stereocenters. The van der Waals surface area contributed by atoms with Crippen molar-refractivity contribution in [3.63, 3.8) is 0 Å². The van der Waals surface area contributed by atoms with Crippen LogP contribution in [-0.2, 0) is 24.7 Å². The van der Waals surface area contributed by atoms with Crippen molar-refractivity contribution in [2.75, 3.05) is 29.5 Å². The molecule has 4 aliphatic rings. The second kappa shape index (κ2) is 10.9. The second-order valence-corrected chi connectivity index (χ2v) is 16.5. The summed E-state index contributed by atoms with van der Waals surface area (Å²) in [6, 6.07) is 14.7. The lowest BCUT2D eigenvalue weighted by atomic mass is 9.82. The van der Waals surface area contributed by atoms with Gasteiger partial charge in [0.25, 0.3) is 5.91 Å². The molecule has 1 N–H and O–H groups in total. The van der Waals surface area contributed by atoms with Gasteiger partial charge in [-0.3, -0.25) is 19.3 Å². The molecule has 2 aromatic carbocycles. The fraction of sp³-hybridized carbons (Fsp3) is 0.531. The van der Waals surface area contributed by atoms with E-state index in [0.29, 0.717) is 42.1 Å². The van der Waals surface area contributed by atoms with Gasteiger partial charge in [-0.1, -0.05) is 25.1 Å². The van der Waals surface area contributed by atoms with E-state index in [-0.39, 0.29) is 36.8 Å². The molecule has 10 heteroatoms. The van der Waals surface area contributed by atoms with E-state index in [1.54, 1.807) is 27.8 Å². The molecule has 3 saturated heterocycles. The van der Waals surface area contributed by atoms with E-state index in [1.165, 1.54) is 0 Å². The average Bonchev–Trinajstić information content (AvgIpc) is 3.63. The first-order valence-electron chi connectivity index (χ1n) is 15.2. The first-order chi connectivity index (χ1) is 20.1. The number of benzene rings is 2. The maximum absolute atomic E-state index is 16.3. The minimum atomic E-state index is -3.46. The number of carbonyl (C=O) groups excluding carboxylic acids is 3. The molecule has 0 saturated carbocycles. The predicted octanol–water partition coefficient (Wildman–Crippen LogP) is 5.03. The van der Waals surface area contributed by atoms with Crippen LogP contribution in [-0.4, -0.2) is 68.0 Å². The van der Waals surface area contributed by atoms with E-state index in [0.717, 1.165) is 25.7 Å². The van der Waals surface area contributed by atoms with Crippen LogP contribution in [0.1, 0.15) is 51.0 Å². The van der Waals surface area contributed by atoms with Crippen LogP contribution >= 0.6 is 0 Å². The third kappa shape index (κ3) is 4.58. The number of ether oxygens (including phenoxy) is 1. The lowest BCUT2D eigenvalue weighted by molar-refractivity contribution is -0.149. The highest BCUT2D eigenvalue weighted by atomic mass is 28.4. The number of para-hydroxylation sites is 1. The zero-order valence-electron chi connectivity index (χ0n) is 24.6. The maximum atomic E-state index is 16.3. The van der Waals surface area contributed by atoms with Gasteiger partial charge in [0.1, 0.15) is 0 Å². The van der Waals surface area contributed by atoms with E-state index in [1.807, 2.05) is 55.5 Å². The van der Waals surface area contributed by atoms with Crippen LogP contribution in [0.3, 0.4) is 0 Å². The molecule has 6 rings (SSSR count). The number of halogens is 1. The quantitative estimate of drug-likeness (QED) is 0.375. The Morgan fingerprint density at radius 2 is 1.83 bits per heavy atom. The average molecular weight is 594 g/mol. The highest BCUT2D eigenvalue weighted by molar-refractivity contribution is 6.72. The standard InChI is InChI=1S/C32H40FN3O5Si/c1-21-30(42(2,3)33)27(19-29(39)35-17-9-12-24(35)20-37)41-32(21)25-18-23(34-16-8-7-13-28(34)38)14-15-26(25)36(31(32)40)22-10-5-4-6-11-22/h4-6,10-11,14-15,18,21,24,27,30,37H,7-9,12-13,16-17,19-20H2,1-3H3/t21-,24-,27+,30-,32+/m0/s1. The van der Waals surface area contributed by atoms with Gasteiger partial charge in [-0.05, 0) is 69.1 Å². The lowest BCUT2D eigenvalue weighted by Crippen LogP contribution is -2.44. The number of aliphatic hydroxyl groups is 1. The summed E-state index contributed by atoms with van der Waals surface area (Å²) in [6.07, 6.45) is 2.92. The Morgan fingerprint density at radius 1 is 1.07 bits per heavy atom. The molecular formula is C32H40FN3O5Si. The van der Waals surface area contributed by atoms with E-state index in [2.05, 4.69) is 0 Å². The first-order valence-corrected chi connectivity index (χ1v) is 18.1. The Kier molecular flexibility index (Phi) is 7.51. The Bertz CT molecular complexity index is 1380. The summed E-state index contributed by atoms with van der Waals surface area (Å²) in [5, 5.41) is 9.81. The normalized spacial score (nSPS) is 29.6. The van der Waals surface area contributed by atoms with Crippen molar-refractivity contribution >= 4 is 43.2 Å². The summed E-state index contributed by atoms with van der Waals surface area (Å²) in [4.78, 5) is 46.2. The van der Waals surface area contributed by atoms with Crippen LogP contribution in [0.4, 0.5) is 21.2 Å². The van der Waals surface area contributed by atoms with Crippen molar-refractivity contribution in [3.8, 4) is 0 Å². The molecule has 0 radical (unpaired) electrons. The lowest BCUT2D eigenvalue weighted by Gasteiger charge is -2.32. The first kappa shape index (κ1) is 29.0. The number of hydrogen-bond donors (Lipinski definition) is 1. The van der Waals surface area contributed by atoms with E-state index in [9.17, 15) is 19.5 Å². The summed E-state index contributed by atoms with van der Waals surface area (Å²) < 4.78 is 23.1. The van der Waals surface area contributed by atoms with E-state index >= 15 is 4.11 Å². The van der Waals surface area contributed by atoms with Crippen molar-refractivity contribution in [3.05, 3.63) is 54.1 Å². The van der Waals surface area contributed by atoms with Gasteiger partial charge in [0.15, 0.2) is 5.60 Å². The van der Waals surface area contributed by atoms with Gasteiger partial charge >= 0.3 is 0 Å². The summed E-state index contributed by atoms with van der Waals surface area (Å²) in [5.74, 6) is -0.989. The van der Waals surface area contributed by atoms with Gasteiger partial charge in [-0.15, -0.1) is 0 Å². The van der Waals surface area contributed by atoms with Gasteiger partial charge < -0.3 is 23.8 Å². The molecule has 3 amide bonds. The Balaban J connectivity index is 1.45. The molecule has 4 heterocycles. The van der Waals surface area contributed by atoms with Crippen molar-refractivity contribution in [2.24, 2.45) is 5.92 Å². The topological polar surface area (TPSA) is 90.4 Å². The summed E-state index contributed by atoms with van der Waals surface area (Å²) in [6.45, 7) is 6.17. The summed E-state index contributed by atoms with van der Waals surface area (Å²) in [5.41, 5.74) is 0.515. The molecular weight excluding hydrogens is 553 g/mol. The molecule has 3 fully saturated rings. The highest BCUT2D eigenvalue weighted by Crippen LogP contribution is 2.61. The fourth-order valence-corrected chi connectivity index (χ4v) is 10.4. The number of amides is 3. The monoisotopic (exact) mass is 593 g/mol. The van der Waals surface area contributed by atoms with Crippen molar-refractivity contribution < 1.29 is 28.3 Å². The van der Waals surface area contributed by atoms with Crippen LogP contribution < -0.4 is 9.80 Å². The van der Waals surface area contributed by atoms with Gasteiger partial charge in [0, 0.05) is 47.9 Å². The molecule has 224 valence electrons. The summed E-state index contributed by atoms with van der Waals surface area (Å²) >= 11 is 0. The van der Waals surface area contributed by atoms with Crippen molar-refractivity contribution in [1.82, 2.24) is 4.90 Å². The molecule has 2 aromatic rings. The highest BCUT2D eigenvalue weighted by Gasteiger charge is 2.67. The molecule has 0 bridgehead atoms. The number of rotatable bonds is 6. The molecule has 4 aliphatic heterocycles. The van der Waals surface area contributed by atoms with E-state index < -0.39 is 31.6 Å². The van der Waals surface area contributed by atoms with Gasteiger partial charge in [-0.25, -0.2) is 0 Å². The van der Waals surface area contributed by atoms with Crippen molar-refractivity contribution in [1.29, 1.82) is 0 Å². The largest absolute Gasteiger partial charge is 0.394 e. The minimum absolute atomic E-state index is 0.0441. The number of carbonyl (C=O) groups is 3. The van der Waals surface area contributed by atoms with Crippen molar-refractivity contribution in [2.45, 2.75) is 81.8 Å². The maximum Gasteiger partial charge on any atom is 0.268 e. The van der Waals surface area contributed by atoms with Crippen LogP contribution in [0.15, 0.2) is 48.5 Å². The molecule has 42 heavy (non-hydrogen) atoms. The number of piperidine rings is 1. The molecule has 0 aromatic heterocycles. The SMILES string of the molecule is C[C@H]1[C@H]([Si](C)(C)F)[C@@H](CC(=O)N2CCC[C@H]2CO)O[C@]12C(=O)N(c1ccccc1)c1ccc(N3CCCCC3=O)cc12. The molecule has 5 atom stereocenters. The van der Waals surface area contributed by atoms with Gasteiger partial charge in [0.2, 0.25) is 20.2 Å². The van der Waals surface area contributed by atoms with Gasteiger partial charge in [-0.2, -0.15) is 0 Å². The third-order valence-corrected chi connectivity index (χ3v) is 12.2. The van der Waals surface area contributed by atoms with Crippen LogP contribution in [0.25, 0.3) is 0 Å². The molecule has 8 nitrogen and oxygen atoms in total. The third-order valence-electron chi connectivity index (χ3n) is 9.79. The van der Waals surface area contributed by atoms with Gasteiger partial charge in [0.05, 0.1) is 30.9 Å². The number of nitrogens with zero attached hydrogens (tertiary/aromatic N) is 3.